The van der Waals surface area contributed by atoms with Gasteiger partial charge in [0.1, 0.15) is 5.75 Å². The molecule has 0 amide bonds. The van der Waals surface area contributed by atoms with Crippen LogP contribution in [0.3, 0.4) is 0 Å². The summed E-state index contributed by atoms with van der Waals surface area (Å²) >= 11 is 0. The molecular formula is C17H28N2O. The molecule has 1 heterocycles. The quantitative estimate of drug-likeness (QED) is 0.842. The van der Waals surface area contributed by atoms with Crippen molar-refractivity contribution in [1.82, 2.24) is 0 Å². The summed E-state index contributed by atoms with van der Waals surface area (Å²) in [4.78, 5) is 2.43. The largest absolute Gasteiger partial charge is 0.491 e. The predicted molar refractivity (Wildman–Crippen MR) is 86.5 cm³/mol. The van der Waals surface area contributed by atoms with Gasteiger partial charge in [-0.1, -0.05) is 20.3 Å². The van der Waals surface area contributed by atoms with E-state index in [9.17, 15) is 0 Å². The molecule has 0 unspecified atom stereocenters. The maximum atomic E-state index is 6.01. The first-order valence-corrected chi connectivity index (χ1v) is 7.74. The van der Waals surface area contributed by atoms with Crippen molar-refractivity contribution in [3.63, 3.8) is 0 Å². The van der Waals surface area contributed by atoms with Crippen molar-refractivity contribution < 1.29 is 4.74 Å². The Bertz CT molecular complexity index is 448. The number of nitrogen functional groups attached to an aromatic ring is 1. The summed E-state index contributed by atoms with van der Waals surface area (Å²) in [6, 6.07) is 6.08. The lowest BCUT2D eigenvalue weighted by Crippen LogP contribution is -2.38. The second-order valence-corrected chi connectivity index (χ2v) is 6.58. The van der Waals surface area contributed by atoms with Crippen molar-refractivity contribution in [3.8, 4) is 5.75 Å². The maximum absolute atomic E-state index is 6.01. The standard InChI is InChI=1S/C17H28N2O/c1-5-17(4)6-8-19(9-7-17)15-10-14(18)11-16(12-15)20-13(2)3/h10-13H,5-9,18H2,1-4H3. The van der Waals surface area contributed by atoms with E-state index in [0.717, 1.165) is 24.5 Å². The number of piperidine rings is 1. The molecule has 1 aromatic rings. The molecule has 1 saturated heterocycles. The van der Waals surface area contributed by atoms with Crippen molar-refractivity contribution in [1.29, 1.82) is 0 Å². The van der Waals surface area contributed by atoms with Gasteiger partial charge in [-0.2, -0.15) is 0 Å². The molecule has 0 bridgehead atoms. The van der Waals surface area contributed by atoms with Gasteiger partial charge in [-0.15, -0.1) is 0 Å². The fraction of sp³-hybridized carbons (Fsp3) is 0.647. The van der Waals surface area contributed by atoms with E-state index < -0.39 is 0 Å². The van der Waals surface area contributed by atoms with Crippen molar-refractivity contribution in [2.45, 2.75) is 53.1 Å². The van der Waals surface area contributed by atoms with E-state index in [1.54, 1.807) is 0 Å². The number of ether oxygens (including phenoxy) is 1. The molecule has 1 fully saturated rings. The Morgan fingerprint density at radius 2 is 1.90 bits per heavy atom. The van der Waals surface area contributed by atoms with Crippen LogP contribution in [0.25, 0.3) is 0 Å². The topological polar surface area (TPSA) is 38.5 Å². The normalized spacial score (nSPS) is 18.4. The van der Waals surface area contributed by atoms with Gasteiger partial charge in [-0.05, 0) is 38.2 Å². The Kier molecular flexibility index (Phi) is 4.46. The summed E-state index contributed by atoms with van der Waals surface area (Å²) in [7, 11) is 0. The molecule has 2 N–H and O–H groups in total. The Labute approximate surface area is 123 Å². The van der Waals surface area contributed by atoms with E-state index in [1.807, 2.05) is 19.9 Å². The van der Waals surface area contributed by atoms with Crippen LogP contribution in [0.4, 0.5) is 11.4 Å². The highest BCUT2D eigenvalue weighted by atomic mass is 16.5. The zero-order valence-electron chi connectivity index (χ0n) is 13.3. The van der Waals surface area contributed by atoms with Gasteiger partial charge in [0.15, 0.2) is 0 Å². The Morgan fingerprint density at radius 1 is 1.25 bits per heavy atom. The molecule has 2 rings (SSSR count). The van der Waals surface area contributed by atoms with Crippen LogP contribution < -0.4 is 15.4 Å². The highest BCUT2D eigenvalue weighted by Gasteiger charge is 2.28. The number of hydrogen-bond donors (Lipinski definition) is 1. The van der Waals surface area contributed by atoms with Gasteiger partial charge in [0.2, 0.25) is 0 Å². The SMILES string of the molecule is CCC1(C)CCN(c2cc(N)cc(OC(C)C)c2)CC1. The van der Waals surface area contributed by atoms with Crippen LogP contribution in [0.1, 0.15) is 47.0 Å². The van der Waals surface area contributed by atoms with Crippen molar-refractivity contribution in [2.24, 2.45) is 5.41 Å². The third kappa shape index (κ3) is 3.59. The highest BCUT2D eigenvalue weighted by Crippen LogP contribution is 2.36. The molecular weight excluding hydrogens is 248 g/mol. The molecule has 3 heteroatoms. The fourth-order valence-corrected chi connectivity index (χ4v) is 2.79. The van der Waals surface area contributed by atoms with Gasteiger partial charge < -0.3 is 15.4 Å². The van der Waals surface area contributed by atoms with Gasteiger partial charge in [0.05, 0.1) is 6.10 Å². The van der Waals surface area contributed by atoms with Crippen molar-refractivity contribution >= 4 is 11.4 Å². The van der Waals surface area contributed by atoms with E-state index >= 15 is 0 Å². The van der Waals surface area contributed by atoms with Crippen molar-refractivity contribution in [3.05, 3.63) is 18.2 Å². The van der Waals surface area contributed by atoms with E-state index in [1.165, 1.54) is 24.9 Å². The molecule has 0 aromatic heterocycles. The molecule has 0 aliphatic carbocycles. The van der Waals surface area contributed by atoms with Crippen LogP contribution in [-0.2, 0) is 0 Å². The second kappa shape index (κ2) is 5.94. The number of benzene rings is 1. The molecule has 20 heavy (non-hydrogen) atoms. The van der Waals surface area contributed by atoms with Crippen LogP contribution in [0, 0.1) is 5.41 Å². The zero-order valence-corrected chi connectivity index (χ0v) is 13.3. The predicted octanol–water partition coefficient (Wildman–Crippen LogP) is 4.07. The van der Waals surface area contributed by atoms with Gasteiger partial charge >= 0.3 is 0 Å². The van der Waals surface area contributed by atoms with Crippen LogP contribution in [-0.4, -0.2) is 19.2 Å². The lowest BCUT2D eigenvalue weighted by molar-refractivity contribution is 0.237. The molecule has 3 nitrogen and oxygen atoms in total. The third-order valence-electron chi connectivity index (χ3n) is 4.47. The van der Waals surface area contributed by atoms with E-state index in [0.29, 0.717) is 5.41 Å². The monoisotopic (exact) mass is 276 g/mol. The molecule has 0 atom stereocenters. The van der Waals surface area contributed by atoms with E-state index in [4.69, 9.17) is 10.5 Å². The molecule has 0 spiro atoms. The van der Waals surface area contributed by atoms with E-state index in [-0.39, 0.29) is 6.10 Å². The average Bonchev–Trinajstić information content (AvgIpc) is 2.38. The number of hydrogen-bond acceptors (Lipinski definition) is 3. The number of rotatable bonds is 4. The van der Waals surface area contributed by atoms with E-state index in [2.05, 4.69) is 30.9 Å². The summed E-state index contributed by atoms with van der Waals surface area (Å²) in [6.45, 7) is 11.0. The molecule has 1 aromatic carbocycles. The Morgan fingerprint density at radius 3 is 2.45 bits per heavy atom. The minimum Gasteiger partial charge on any atom is -0.491 e. The van der Waals surface area contributed by atoms with Crippen LogP contribution in [0.5, 0.6) is 5.75 Å². The van der Waals surface area contributed by atoms with Crippen LogP contribution >= 0.6 is 0 Å². The average molecular weight is 276 g/mol. The zero-order chi connectivity index (χ0) is 14.8. The summed E-state index contributed by atoms with van der Waals surface area (Å²) in [5.41, 5.74) is 8.50. The third-order valence-corrected chi connectivity index (χ3v) is 4.47. The Hall–Kier alpha value is -1.38. The first-order valence-electron chi connectivity index (χ1n) is 7.74. The summed E-state index contributed by atoms with van der Waals surface area (Å²) < 4.78 is 5.78. The number of nitrogens with two attached hydrogens (primary N) is 1. The molecule has 0 saturated carbocycles. The van der Waals surface area contributed by atoms with Gasteiger partial charge in [0.25, 0.3) is 0 Å². The lowest BCUT2D eigenvalue weighted by Gasteiger charge is -2.40. The molecule has 1 aliphatic rings. The molecule has 112 valence electrons. The maximum Gasteiger partial charge on any atom is 0.123 e. The summed E-state index contributed by atoms with van der Waals surface area (Å²) in [5, 5.41) is 0. The van der Waals surface area contributed by atoms with Gasteiger partial charge in [-0.3, -0.25) is 0 Å². The van der Waals surface area contributed by atoms with Gasteiger partial charge in [0, 0.05) is 36.6 Å². The summed E-state index contributed by atoms with van der Waals surface area (Å²) in [6.07, 6.45) is 3.94. The highest BCUT2D eigenvalue weighted by molar-refractivity contribution is 5.60. The smallest absolute Gasteiger partial charge is 0.123 e. The fourth-order valence-electron chi connectivity index (χ4n) is 2.79. The summed E-state index contributed by atoms with van der Waals surface area (Å²) in [5.74, 6) is 0.874. The van der Waals surface area contributed by atoms with Crippen LogP contribution in [0.2, 0.25) is 0 Å². The first kappa shape index (κ1) is 15.0. The first-order chi connectivity index (χ1) is 9.42. The van der Waals surface area contributed by atoms with Crippen molar-refractivity contribution in [2.75, 3.05) is 23.7 Å². The Balaban J connectivity index is 2.11. The number of nitrogens with zero attached hydrogens (tertiary/aromatic N) is 1. The number of anilines is 2. The minimum absolute atomic E-state index is 0.175. The second-order valence-electron chi connectivity index (χ2n) is 6.58. The molecule has 0 radical (unpaired) electrons. The molecule has 1 aliphatic heterocycles. The minimum atomic E-state index is 0.175. The van der Waals surface area contributed by atoms with Gasteiger partial charge in [-0.25, -0.2) is 0 Å². The van der Waals surface area contributed by atoms with Crippen LogP contribution in [0.15, 0.2) is 18.2 Å². The lowest BCUT2D eigenvalue weighted by atomic mass is 9.78.